The molecule has 0 bridgehead atoms. The molecule has 1 aromatic carbocycles. The second-order valence-electron chi connectivity index (χ2n) is 4.44. The van der Waals surface area contributed by atoms with E-state index in [0.717, 1.165) is 17.7 Å². The molecule has 0 aliphatic carbocycles. The zero-order chi connectivity index (χ0) is 14.3. The Morgan fingerprint density at radius 2 is 2.16 bits per heavy atom. The molecule has 0 aliphatic heterocycles. The average molecular weight is 285 g/mol. The highest BCUT2D eigenvalue weighted by atomic mass is 32.2. The number of methoxy groups -OCH3 is 1. The van der Waals surface area contributed by atoms with E-state index in [0.29, 0.717) is 5.75 Å². The summed E-state index contributed by atoms with van der Waals surface area (Å²) in [6.07, 6.45) is 0.145. The Hall–Kier alpha value is -0.750. The highest BCUT2D eigenvalue weighted by Crippen LogP contribution is 2.34. The molecule has 0 amide bonds. The third kappa shape index (κ3) is 5.03. The van der Waals surface area contributed by atoms with Crippen molar-refractivity contribution in [2.24, 2.45) is 5.73 Å². The molecule has 1 rings (SSSR count). The van der Waals surface area contributed by atoms with E-state index in [-0.39, 0.29) is 17.9 Å². The number of nitrogens with two attached hydrogens (primary N) is 1. The van der Waals surface area contributed by atoms with Gasteiger partial charge in [-0.15, -0.1) is 11.8 Å². The van der Waals surface area contributed by atoms with Crippen LogP contribution in [0.25, 0.3) is 0 Å². The van der Waals surface area contributed by atoms with E-state index in [1.807, 2.05) is 31.2 Å². The van der Waals surface area contributed by atoms with Crippen LogP contribution in [0.3, 0.4) is 0 Å². The van der Waals surface area contributed by atoms with Gasteiger partial charge in [-0.05, 0) is 24.1 Å². The number of hydrogen-bond acceptors (Lipinski definition) is 5. The lowest BCUT2D eigenvalue weighted by Crippen LogP contribution is -2.27. The van der Waals surface area contributed by atoms with Gasteiger partial charge in [-0.3, -0.25) is 0 Å². The lowest BCUT2D eigenvalue weighted by molar-refractivity contribution is 0.113. The van der Waals surface area contributed by atoms with Crippen molar-refractivity contribution in [2.75, 3.05) is 19.5 Å². The molecule has 0 radical (unpaired) electrons. The van der Waals surface area contributed by atoms with Gasteiger partial charge in [0.15, 0.2) is 0 Å². The van der Waals surface area contributed by atoms with Crippen LogP contribution in [0, 0.1) is 0 Å². The Morgan fingerprint density at radius 1 is 1.42 bits per heavy atom. The van der Waals surface area contributed by atoms with Crippen molar-refractivity contribution in [3.8, 4) is 5.75 Å². The first-order valence-electron chi connectivity index (χ1n) is 6.42. The Bertz CT molecular complexity index is 375. The number of ether oxygens (including phenoxy) is 1. The number of hydrogen-bond donors (Lipinski definition) is 3. The molecule has 0 aliphatic rings. The van der Waals surface area contributed by atoms with Gasteiger partial charge in [0.2, 0.25) is 0 Å². The fraction of sp³-hybridized carbons (Fsp3) is 0.571. The van der Waals surface area contributed by atoms with Gasteiger partial charge in [0, 0.05) is 17.0 Å². The van der Waals surface area contributed by atoms with E-state index in [1.54, 1.807) is 18.9 Å². The number of thioether (sulfide) groups is 1. The van der Waals surface area contributed by atoms with Crippen LogP contribution < -0.4 is 10.5 Å². The van der Waals surface area contributed by atoms with E-state index in [2.05, 4.69) is 0 Å². The van der Waals surface area contributed by atoms with Gasteiger partial charge < -0.3 is 20.7 Å². The molecular weight excluding hydrogens is 262 g/mol. The second-order valence-corrected chi connectivity index (χ2v) is 5.61. The standard InChI is InChI=1S/C14H23NO3S/c1-3-13(15)14(19-9-11(17)8-16)10-5-4-6-12(7-10)18-2/h4-7,11,13-14,16-17H,3,8-9,15H2,1-2H3. The first-order chi connectivity index (χ1) is 9.12. The van der Waals surface area contributed by atoms with Crippen molar-refractivity contribution in [3.05, 3.63) is 29.8 Å². The van der Waals surface area contributed by atoms with Crippen LogP contribution in [0.15, 0.2) is 24.3 Å². The van der Waals surface area contributed by atoms with Gasteiger partial charge in [-0.25, -0.2) is 0 Å². The van der Waals surface area contributed by atoms with Crippen LogP contribution in [0.1, 0.15) is 24.2 Å². The van der Waals surface area contributed by atoms with Gasteiger partial charge >= 0.3 is 0 Å². The lowest BCUT2D eigenvalue weighted by atomic mass is 10.0. The van der Waals surface area contributed by atoms with E-state index < -0.39 is 6.10 Å². The zero-order valence-corrected chi connectivity index (χ0v) is 12.3. The number of aliphatic hydroxyl groups excluding tert-OH is 2. The molecule has 4 N–H and O–H groups in total. The van der Waals surface area contributed by atoms with Crippen LogP contribution in [0.2, 0.25) is 0 Å². The van der Waals surface area contributed by atoms with E-state index >= 15 is 0 Å². The number of aliphatic hydroxyl groups is 2. The summed E-state index contributed by atoms with van der Waals surface area (Å²) >= 11 is 1.57. The average Bonchev–Trinajstić information content (AvgIpc) is 2.46. The molecule has 0 fully saturated rings. The van der Waals surface area contributed by atoms with Crippen molar-refractivity contribution in [2.45, 2.75) is 30.7 Å². The van der Waals surface area contributed by atoms with Gasteiger partial charge in [-0.1, -0.05) is 19.1 Å². The van der Waals surface area contributed by atoms with E-state index in [4.69, 9.17) is 15.6 Å². The van der Waals surface area contributed by atoms with E-state index in [1.165, 1.54) is 0 Å². The van der Waals surface area contributed by atoms with Gasteiger partial charge in [0.05, 0.1) is 19.8 Å². The summed E-state index contributed by atoms with van der Waals surface area (Å²) in [7, 11) is 1.64. The predicted molar refractivity (Wildman–Crippen MR) is 79.6 cm³/mol. The van der Waals surface area contributed by atoms with Gasteiger partial charge in [0.1, 0.15) is 5.75 Å². The van der Waals surface area contributed by atoms with Crippen molar-refractivity contribution in [3.63, 3.8) is 0 Å². The minimum Gasteiger partial charge on any atom is -0.497 e. The summed E-state index contributed by atoms with van der Waals surface area (Å²) in [6, 6.07) is 7.82. The van der Waals surface area contributed by atoms with Crippen molar-refractivity contribution < 1.29 is 14.9 Å². The smallest absolute Gasteiger partial charge is 0.119 e. The highest BCUT2D eigenvalue weighted by Gasteiger charge is 2.20. The molecule has 3 unspecified atom stereocenters. The maximum Gasteiger partial charge on any atom is 0.119 e. The van der Waals surface area contributed by atoms with Crippen LogP contribution in [-0.2, 0) is 0 Å². The Balaban J connectivity index is 2.83. The minimum atomic E-state index is -0.706. The summed E-state index contributed by atoms with van der Waals surface area (Å²) in [5.41, 5.74) is 7.25. The van der Waals surface area contributed by atoms with Gasteiger partial charge in [-0.2, -0.15) is 0 Å². The highest BCUT2D eigenvalue weighted by molar-refractivity contribution is 7.99. The zero-order valence-electron chi connectivity index (χ0n) is 11.5. The monoisotopic (exact) mass is 285 g/mol. The summed E-state index contributed by atoms with van der Waals surface area (Å²) in [6.45, 7) is 1.82. The SMILES string of the molecule is CCC(N)C(SCC(O)CO)c1cccc(OC)c1. The topological polar surface area (TPSA) is 75.7 Å². The molecule has 19 heavy (non-hydrogen) atoms. The molecule has 0 spiro atoms. The van der Waals surface area contributed by atoms with Gasteiger partial charge in [0.25, 0.3) is 0 Å². The molecule has 3 atom stereocenters. The molecule has 0 heterocycles. The maximum absolute atomic E-state index is 9.47. The molecular formula is C14H23NO3S. The first kappa shape index (κ1) is 16.3. The molecule has 1 aromatic rings. The van der Waals surface area contributed by atoms with Crippen LogP contribution in [-0.4, -0.2) is 41.8 Å². The largest absolute Gasteiger partial charge is 0.497 e. The Morgan fingerprint density at radius 3 is 2.74 bits per heavy atom. The molecule has 5 heteroatoms. The second kappa shape index (κ2) is 8.43. The van der Waals surface area contributed by atoms with Crippen molar-refractivity contribution in [1.29, 1.82) is 0 Å². The molecule has 0 aromatic heterocycles. The van der Waals surface area contributed by atoms with Crippen LogP contribution in [0.4, 0.5) is 0 Å². The predicted octanol–water partition coefficient (Wildman–Crippen LogP) is 1.56. The Kier molecular flexibility index (Phi) is 7.23. The molecule has 0 saturated heterocycles. The van der Waals surface area contributed by atoms with Crippen molar-refractivity contribution in [1.82, 2.24) is 0 Å². The molecule has 4 nitrogen and oxygen atoms in total. The Labute approximate surface area is 119 Å². The normalized spacial score (nSPS) is 15.8. The third-order valence-corrected chi connectivity index (χ3v) is 4.52. The van der Waals surface area contributed by atoms with E-state index in [9.17, 15) is 5.11 Å². The fourth-order valence-corrected chi connectivity index (χ4v) is 3.08. The molecule has 0 saturated carbocycles. The van der Waals surface area contributed by atoms with Crippen LogP contribution in [0.5, 0.6) is 5.75 Å². The fourth-order valence-electron chi connectivity index (χ4n) is 1.77. The minimum absolute atomic E-state index is 0.00278. The van der Waals surface area contributed by atoms with Crippen LogP contribution >= 0.6 is 11.8 Å². The number of benzene rings is 1. The van der Waals surface area contributed by atoms with Crippen molar-refractivity contribution >= 4 is 11.8 Å². The maximum atomic E-state index is 9.47. The summed E-state index contributed by atoms with van der Waals surface area (Å²) in [5, 5.41) is 18.4. The first-order valence-corrected chi connectivity index (χ1v) is 7.47. The summed E-state index contributed by atoms with van der Waals surface area (Å²) in [4.78, 5) is 0. The lowest BCUT2D eigenvalue weighted by Gasteiger charge is -2.24. The summed E-state index contributed by atoms with van der Waals surface area (Å²) < 4.78 is 5.23. The molecule has 108 valence electrons. The number of rotatable bonds is 8. The quantitative estimate of drug-likeness (QED) is 0.676. The third-order valence-electron chi connectivity index (χ3n) is 2.96. The summed E-state index contributed by atoms with van der Waals surface area (Å²) in [5.74, 6) is 1.26.